The van der Waals surface area contributed by atoms with E-state index in [0.29, 0.717) is 16.1 Å². The van der Waals surface area contributed by atoms with E-state index in [9.17, 15) is 4.79 Å². The number of carbonyl (C=O) groups is 1. The summed E-state index contributed by atoms with van der Waals surface area (Å²) < 4.78 is 1.77. The second-order valence-electron chi connectivity index (χ2n) is 6.64. The van der Waals surface area contributed by atoms with Crippen LogP contribution in [-0.4, -0.2) is 20.7 Å². The fourth-order valence-corrected chi connectivity index (χ4v) is 3.60. The summed E-state index contributed by atoms with van der Waals surface area (Å²) in [5.41, 5.74) is 3.79. The number of hydrogen-bond donors (Lipinski definition) is 1. The Bertz CT molecular complexity index is 1150. The quantitative estimate of drug-likeness (QED) is 0.560. The van der Waals surface area contributed by atoms with Crippen molar-refractivity contribution in [3.8, 4) is 0 Å². The third-order valence-electron chi connectivity index (χ3n) is 4.73. The van der Waals surface area contributed by atoms with Crippen molar-refractivity contribution in [1.82, 2.24) is 20.1 Å². The van der Waals surface area contributed by atoms with E-state index in [-0.39, 0.29) is 11.9 Å². The van der Waals surface area contributed by atoms with E-state index in [1.165, 1.54) is 0 Å². The van der Waals surface area contributed by atoms with Crippen LogP contribution in [-0.2, 0) is 7.05 Å². The Kier molecular flexibility index (Phi) is 4.84. The molecule has 28 heavy (non-hydrogen) atoms. The minimum atomic E-state index is -0.330. The normalized spacial score (nSPS) is 12.1. The molecule has 140 valence electrons. The first kappa shape index (κ1) is 18.2. The molecule has 4 rings (SSSR count). The SMILES string of the molecule is Cc1cc(C(=O)NC(c2ccccc2)c2ccnn2C)c2cccc(Cl)c2n1. The second-order valence-corrected chi connectivity index (χ2v) is 7.05. The maximum atomic E-state index is 13.3. The number of nitrogens with one attached hydrogen (secondary N) is 1. The molecule has 4 aromatic rings. The minimum absolute atomic E-state index is 0.187. The van der Waals surface area contributed by atoms with Crippen molar-refractivity contribution in [1.29, 1.82) is 0 Å². The fraction of sp³-hybridized carbons (Fsp3) is 0.136. The Balaban J connectivity index is 1.78. The van der Waals surface area contributed by atoms with E-state index >= 15 is 0 Å². The highest BCUT2D eigenvalue weighted by molar-refractivity contribution is 6.35. The van der Waals surface area contributed by atoms with E-state index < -0.39 is 0 Å². The van der Waals surface area contributed by atoms with Crippen LogP contribution in [0.3, 0.4) is 0 Å². The van der Waals surface area contributed by atoms with Crippen LogP contribution >= 0.6 is 11.6 Å². The van der Waals surface area contributed by atoms with Gasteiger partial charge in [-0.05, 0) is 30.7 Å². The topological polar surface area (TPSA) is 59.8 Å². The van der Waals surface area contributed by atoms with E-state index in [1.54, 1.807) is 23.0 Å². The first-order chi connectivity index (χ1) is 13.5. The van der Waals surface area contributed by atoms with Crippen LogP contribution in [0.25, 0.3) is 10.9 Å². The molecule has 0 aliphatic carbocycles. The molecule has 5 nitrogen and oxygen atoms in total. The van der Waals surface area contributed by atoms with Gasteiger partial charge in [0.25, 0.3) is 5.91 Å². The highest BCUT2D eigenvalue weighted by Gasteiger charge is 2.22. The lowest BCUT2D eigenvalue weighted by Crippen LogP contribution is -2.31. The van der Waals surface area contributed by atoms with Crippen molar-refractivity contribution in [2.75, 3.05) is 0 Å². The maximum absolute atomic E-state index is 13.3. The van der Waals surface area contributed by atoms with Crippen molar-refractivity contribution in [3.05, 3.63) is 94.4 Å². The highest BCUT2D eigenvalue weighted by Crippen LogP contribution is 2.27. The zero-order valence-corrected chi connectivity index (χ0v) is 16.3. The van der Waals surface area contributed by atoms with Gasteiger partial charge in [0, 0.05) is 24.3 Å². The van der Waals surface area contributed by atoms with Crippen LogP contribution in [0.2, 0.25) is 5.02 Å². The molecule has 0 fully saturated rings. The monoisotopic (exact) mass is 390 g/mol. The van der Waals surface area contributed by atoms with Crippen LogP contribution in [0.5, 0.6) is 0 Å². The summed E-state index contributed by atoms with van der Waals surface area (Å²) in [6.07, 6.45) is 1.73. The predicted molar refractivity (Wildman–Crippen MR) is 110 cm³/mol. The van der Waals surface area contributed by atoms with Gasteiger partial charge in [0.05, 0.1) is 27.8 Å². The summed E-state index contributed by atoms with van der Waals surface area (Å²) in [7, 11) is 1.86. The average Bonchev–Trinajstić information content (AvgIpc) is 3.12. The molecular weight excluding hydrogens is 372 g/mol. The number of hydrogen-bond acceptors (Lipinski definition) is 3. The number of aromatic nitrogens is 3. The Morgan fingerprint density at radius 2 is 1.89 bits per heavy atom. The van der Waals surface area contributed by atoms with Crippen molar-refractivity contribution in [2.45, 2.75) is 13.0 Å². The van der Waals surface area contributed by atoms with Crippen LogP contribution < -0.4 is 5.32 Å². The molecular formula is C22H19ClN4O. The number of amides is 1. The third-order valence-corrected chi connectivity index (χ3v) is 5.03. The maximum Gasteiger partial charge on any atom is 0.252 e. The van der Waals surface area contributed by atoms with Gasteiger partial charge < -0.3 is 5.32 Å². The molecule has 0 spiro atoms. The first-order valence-electron chi connectivity index (χ1n) is 8.94. The third kappa shape index (κ3) is 3.37. The predicted octanol–water partition coefficient (Wildman–Crippen LogP) is 4.45. The molecule has 2 heterocycles. The molecule has 0 aliphatic heterocycles. The molecule has 6 heteroatoms. The van der Waals surface area contributed by atoms with E-state index in [4.69, 9.17) is 11.6 Å². The van der Waals surface area contributed by atoms with Crippen molar-refractivity contribution in [2.24, 2.45) is 7.05 Å². The number of halogens is 1. The standard InChI is InChI=1S/C22H19ClN4O/c1-14-13-17(16-9-6-10-18(23)21(16)25-14)22(28)26-20(15-7-4-3-5-8-15)19-11-12-24-27(19)2/h3-13,20H,1-2H3,(H,26,28). The number of para-hydroxylation sites is 1. The van der Waals surface area contributed by atoms with E-state index in [2.05, 4.69) is 15.4 Å². The first-order valence-corrected chi connectivity index (χ1v) is 9.32. The molecule has 0 bridgehead atoms. The minimum Gasteiger partial charge on any atom is -0.340 e. The van der Waals surface area contributed by atoms with Gasteiger partial charge in [0.15, 0.2) is 0 Å². The number of nitrogens with zero attached hydrogens (tertiary/aromatic N) is 3. The molecule has 0 saturated heterocycles. The van der Waals surface area contributed by atoms with Crippen molar-refractivity contribution in [3.63, 3.8) is 0 Å². The van der Waals surface area contributed by atoms with Gasteiger partial charge in [-0.3, -0.25) is 14.5 Å². The molecule has 0 aliphatic rings. The van der Waals surface area contributed by atoms with Gasteiger partial charge in [-0.2, -0.15) is 5.10 Å². The Hall–Kier alpha value is -3.18. The van der Waals surface area contributed by atoms with Crippen LogP contribution in [0.4, 0.5) is 0 Å². The number of rotatable bonds is 4. The lowest BCUT2D eigenvalue weighted by Gasteiger charge is -2.20. The number of aryl methyl sites for hydroxylation is 2. The second kappa shape index (κ2) is 7.44. The number of carbonyl (C=O) groups excluding carboxylic acids is 1. The Morgan fingerprint density at radius 1 is 1.11 bits per heavy atom. The van der Waals surface area contributed by atoms with Gasteiger partial charge in [0.2, 0.25) is 0 Å². The van der Waals surface area contributed by atoms with Gasteiger partial charge in [0.1, 0.15) is 0 Å². The Morgan fingerprint density at radius 3 is 2.61 bits per heavy atom. The summed E-state index contributed by atoms with van der Waals surface area (Å²) in [4.78, 5) is 17.8. The van der Waals surface area contributed by atoms with E-state index in [0.717, 1.165) is 22.3 Å². The van der Waals surface area contributed by atoms with Crippen molar-refractivity contribution < 1.29 is 4.79 Å². The van der Waals surface area contributed by atoms with Gasteiger partial charge in [-0.15, -0.1) is 0 Å². The van der Waals surface area contributed by atoms with Gasteiger partial charge in [-0.25, -0.2) is 0 Å². The summed E-state index contributed by atoms with van der Waals surface area (Å²) in [6, 6.07) is 18.7. The summed E-state index contributed by atoms with van der Waals surface area (Å²) in [5.74, 6) is -0.187. The highest BCUT2D eigenvalue weighted by atomic mass is 35.5. The lowest BCUT2D eigenvalue weighted by atomic mass is 10.0. The lowest BCUT2D eigenvalue weighted by molar-refractivity contribution is 0.0943. The summed E-state index contributed by atoms with van der Waals surface area (Å²) in [5, 5.41) is 8.68. The molecule has 1 atom stereocenters. The van der Waals surface area contributed by atoms with Crippen molar-refractivity contribution >= 4 is 28.4 Å². The smallest absolute Gasteiger partial charge is 0.252 e. The number of benzene rings is 2. The Labute approximate surface area is 168 Å². The van der Waals surface area contributed by atoms with E-state index in [1.807, 2.05) is 62.5 Å². The van der Waals surface area contributed by atoms with Gasteiger partial charge in [-0.1, -0.05) is 54.1 Å². The number of pyridine rings is 1. The molecule has 1 unspecified atom stereocenters. The molecule has 2 aromatic heterocycles. The molecule has 2 aromatic carbocycles. The molecule has 1 N–H and O–H groups in total. The summed E-state index contributed by atoms with van der Waals surface area (Å²) in [6.45, 7) is 1.86. The zero-order valence-electron chi connectivity index (χ0n) is 15.6. The number of fused-ring (bicyclic) bond motifs is 1. The average molecular weight is 391 g/mol. The van der Waals surface area contributed by atoms with Crippen LogP contribution in [0.1, 0.15) is 33.4 Å². The largest absolute Gasteiger partial charge is 0.340 e. The van der Waals surface area contributed by atoms with Crippen LogP contribution in [0, 0.1) is 6.92 Å². The fourth-order valence-electron chi connectivity index (χ4n) is 3.38. The molecule has 0 radical (unpaired) electrons. The zero-order chi connectivity index (χ0) is 19.7. The van der Waals surface area contributed by atoms with Gasteiger partial charge >= 0.3 is 0 Å². The molecule has 1 amide bonds. The molecule has 0 saturated carbocycles. The van der Waals surface area contributed by atoms with Crippen LogP contribution in [0.15, 0.2) is 66.9 Å². The summed E-state index contributed by atoms with van der Waals surface area (Å²) >= 11 is 6.30.